The molecule has 0 spiro atoms. The van der Waals surface area contributed by atoms with Crippen LogP contribution in [0.1, 0.15) is 64.7 Å². The summed E-state index contributed by atoms with van der Waals surface area (Å²) in [6, 6.07) is 7.81. The van der Waals surface area contributed by atoms with E-state index in [4.69, 9.17) is 4.74 Å². The van der Waals surface area contributed by atoms with E-state index in [0.717, 1.165) is 51.0 Å². The number of benzene rings is 1. The molecule has 3 nitrogen and oxygen atoms in total. The Morgan fingerprint density at radius 2 is 1.88 bits per heavy atom. The number of carbonyl (C=O) groups is 1. The average Bonchev–Trinajstić information content (AvgIpc) is 2.85. The smallest absolute Gasteiger partial charge is 0.160 e. The molecule has 166 valence electrons. The van der Waals surface area contributed by atoms with Crippen LogP contribution < -0.4 is 0 Å². The van der Waals surface area contributed by atoms with Crippen molar-refractivity contribution >= 4 is 11.4 Å². The lowest BCUT2D eigenvalue weighted by atomic mass is 9.82. The van der Waals surface area contributed by atoms with Gasteiger partial charge in [-0.2, -0.15) is 5.26 Å². The van der Waals surface area contributed by atoms with E-state index in [9.17, 15) is 10.1 Å². The first-order chi connectivity index (χ1) is 15.2. The van der Waals surface area contributed by atoms with Gasteiger partial charge in [-0.05, 0) is 99.6 Å². The molecule has 0 unspecified atom stereocenters. The number of allylic oxidation sites excluding steroid dienone is 9. The van der Waals surface area contributed by atoms with Crippen molar-refractivity contribution in [2.45, 2.75) is 54.9 Å². The second kappa shape index (κ2) is 10.8. The normalized spacial score (nSPS) is 15.4. The molecule has 0 saturated carbocycles. The van der Waals surface area contributed by atoms with Crippen LogP contribution in [0, 0.1) is 18.3 Å². The predicted octanol–water partition coefficient (Wildman–Crippen LogP) is 7.32. The maximum absolute atomic E-state index is 13.0. The van der Waals surface area contributed by atoms with E-state index in [1.54, 1.807) is 13.0 Å². The number of hydrogen-bond donors (Lipinski definition) is 0. The van der Waals surface area contributed by atoms with Crippen LogP contribution in [-0.4, -0.2) is 12.4 Å². The van der Waals surface area contributed by atoms with E-state index in [0.29, 0.717) is 23.5 Å². The van der Waals surface area contributed by atoms with Gasteiger partial charge in [-0.1, -0.05) is 31.7 Å². The van der Waals surface area contributed by atoms with Gasteiger partial charge in [-0.3, -0.25) is 4.79 Å². The fraction of sp³-hybridized carbons (Fsp3) is 0.310. The van der Waals surface area contributed by atoms with Gasteiger partial charge in [-0.25, -0.2) is 0 Å². The minimum absolute atomic E-state index is 0.0146. The molecule has 1 aromatic rings. The summed E-state index contributed by atoms with van der Waals surface area (Å²) in [4.78, 5) is 13.0. The van der Waals surface area contributed by atoms with Crippen LogP contribution in [0.15, 0.2) is 82.2 Å². The zero-order valence-corrected chi connectivity index (χ0v) is 20.3. The van der Waals surface area contributed by atoms with Gasteiger partial charge >= 0.3 is 0 Å². The monoisotopic (exact) mass is 427 g/mol. The minimum atomic E-state index is -0.0146. The topological polar surface area (TPSA) is 50.1 Å². The van der Waals surface area contributed by atoms with Crippen LogP contribution in [-0.2, 0) is 9.53 Å². The largest absolute Gasteiger partial charge is 0.493 e. The van der Waals surface area contributed by atoms with Gasteiger partial charge < -0.3 is 4.74 Å². The highest BCUT2D eigenvalue weighted by atomic mass is 16.5. The number of ketones is 1. The summed E-state index contributed by atoms with van der Waals surface area (Å²) in [7, 11) is 0. The molecule has 0 atom stereocenters. The second-order valence-electron chi connectivity index (χ2n) is 8.18. The van der Waals surface area contributed by atoms with Crippen molar-refractivity contribution < 1.29 is 9.53 Å². The molecule has 0 N–H and O–H groups in total. The summed E-state index contributed by atoms with van der Waals surface area (Å²) in [6.07, 6.45) is 6.81. The molecule has 0 fully saturated rings. The SMILES string of the molecule is C=C1C=C(C)C(C)=C(/C(=C(C(C)=O)\C(C)=C\C)c2ccc(C#N)cc2C)C(OCCC)=C1. The van der Waals surface area contributed by atoms with Gasteiger partial charge in [-0.15, -0.1) is 0 Å². The van der Waals surface area contributed by atoms with Gasteiger partial charge in [0.25, 0.3) is 0 Å². The predicted molar refractivity (Wildman–Crippen MR) is 133 cm³/mol. The number of aryl methyl sites for hydroxylation is 1. The number of ether oxygens (including phenoxy) is 1. The molecule has 0 saturated heterocycles. The molecule has 32 heavy (non-hydrogen) atoms. The summed E-state index contributed by atoms with van der Waals surface area (Å²) in [5, 5.41) is 9.37. The highest BCUT2D eigenvalue weighted by Gasteiger charge is 2.26. The number of carbonyl (C=O) groups excluding carboxylic acids is 1. The van der Waals surface area contributed by atoms with Crippen molar-refractivity contribution in [3.05, 3.63) is 98.9 Å². The van der Waals surface area contributed by atoms with Crippen molar-refractivity contribution in [2.75, 3.05) is 6.61 Å². The first-order valence-corrected chi connectivity index (χ1v) is 11.0. The zero-order valence-electron chi connectivity index (χ0n) is 20.3. The van der Waals surface area contributed by atoms with Crippen LogP contribution in [0.4, 0.5) is 0 Å². The van der Waals surface area contributed by atoms with Crippen molar-refractivity contribution in [3.8, 4) is 6.07 Å². The molecule has 2 rings (SSSR count). The third-order valence-electron chi connectivity index (χ3n) is 5.70. The summed E-state index contributed by atoms with van der Waals surface area (Å²) >= 11 is 0. The zero-order chi connectivity index (χ0) is 24.0. The molecule has 0 bridgehead atoms. The number of hydrogen-bond acceptors (Lipinski definition) is 3. The number of Topliss-reactive ketones (excluding diaryl/α,β-unsaturated/α-hetero) is 1. The summed E-state index contributed by atoms with van der Waals surface area (Å²) in [5.41, 5.74) is 8.67. The van der Waals surface area contributed by atoms with Gasteiger partial charge in [0.05, 0.1) is 18.2 Å². The van der Waals surface area contributed by atoms with Crippen LogP contribution in [0.25, 0.3) is 5.57 Å². The molecule has 3 heteroatoms. The third-order valence-corrected chi connectivity index (χ3v) is 5.70. The van der Waals surface area contributed by atoms with Crippen LogP contribution in [0.5, 0.6) is 0 Å². The summed E-state index contributed by atoms with van der Waals surface area (Å²) < 4.78 is 6.24. The van der Waals surface area contributed by atoms with Gasteiger partial charge in [0, 0.05) is 16.7 Å². The van der Waals surface area contributed by atoms with E-state index < -0.39 is 0 Å². The number of nitrogens with zero attached hydrogens (tertiary/aromatic N) is 1. The summed E-state index contributed by atoms with van der Waals surface area (Å²) in [6.45, 7) is 18.4. The van der Waals surface area contributed by atoms with Crippen LogP contribution in [0.3, 0.4) is 0 Å². The first kappa shape index (κ1) is 24.9. The summed E-state index contributed by atoms with van der Waals surface area (Å²) in [5.74, 6) is 0.697. The highest BCUT2D eigenvalue weighted by Crippen LogP contribution is 2.41. The Hall–Kier alpha value is -3.38. The minimum Gasteiger partial charge on any atom is -0.493 e. The number of rotatable bonds is 7. The molecule has 1 aliphatic carbocycles. The van der Waals surface area contributed by atoms with E-state index in [-0.39, 0.29) is 5.78 Å². The van der Waals surface area contributed by atoms with Crippen LogP contribution >= 0.6 is 0 Å². The lowest BCUT2D eigenvalue weighted by Crippen LogP contribution is -2.11. The molecule has 0 aromatic heterocycles. The van der Waals surface area contributed by atoms with Crippen molar-refractivity contribution in [2.24, 2.45) is 0 Å². The Morgan fingerprint density at radius 1 is 1.19 bits per heavy atom. The molecular formula is C29H33NO2. The first-order valence-electron chi connectivity index (χ1n) is 11.0. The second-order valence-corrected chi connectivity index (χ2v) is 8.18. The Morgan fingerprint density at radius 3 is 2.41 bits per heavy atom. The van der Waals surface area contributed by atoms with Gasteiger partial charge in [0.2, 0.25) is 0 Å². The molecule has 0 heterocycles. The Balaban J connectivity index is 3.08. The van der Waals surface area contributed by atoms with E-state index >= 15 is 0 Å². The van der Waals surface area contributed by atoms with Crippen molar-refractivity contribution in [3.63, 3.8) is 0 Å². The van der Waals surface area contributed by atoms with Crippen molar-refractivity contribution in [1.82, 2.24) is 0 Å². The number of nitriles is 1. The standard InChI is InChI=1S/C29H33NO2/c1-9-13-32-26-15-18(3)14-20(5)22(7)28(26)29(27(23(8)31)19(4)10-2)25-12-11-24(17-30)16-21(25)6/h10-12,14-16H,3,9,13H2,1-2,4-8H3/b19-10+,29-27+. The van der Waals surface area contributed by atoms with Crippen molar-refractivity contribution in [1.29, 1.82) is 5.26 Å². The Kier molecular flexibility index (Phi) is 8.38. The molecule has 1 aromatic carbocycles. The maximum atomic E-state index is 13.0. The molecular weight excluding hydrogens is 394 g/mol. The van der Waals surface area contributed by atoms with Gasteiger partial charge in [0.1, 0.15) is 5.76 Å². The lowest BCUT2D eigenvalue weighted by molar-refractivity contribution is -0.113. The lowest BCUT2D eigenvalue weighted by Gasteiger charge is -2.24. The molecule has 0 aliphatic heterocycles. The molecule has 1 aliphatic rings. The fourth-order valence-electron chi connectivity index (χ4n) is 3.89. The highest BCUT2D eigenvalue weighted by molar-refractivity contribution is 6.09. The maximum Gasteiger partial charge on any atom is 0.160 e. The third kappa shape index (κ3) is 5.26. The van der Waals surface area contributed by atoms with E-state index in [1.807, 2.05) is 51.1 Å². The Labute approximate surface area is 192 Å². The average molecular weight is 428 g/mol. The Bertz CT molecular complexity index is 1140. The van der Waals surface area contributed by atoms with Crippen LogP contribution in [0.2, 0.25) is 0 Å². The van der Waals surface area contributed by atoms with Gasteiger partial charge in [0.15, 0.2) is 5.78 Å². The quantitative estimate of drug-likeness (QED) is 0.338. The molecule has 0 radical (unpaired) electrons. The molecule has 0 amide bonds. The van der Waals surface area contributed by atoms with E-state index in [1.165, 1.54) is 0 Å². The van der Waals surface area contributed by atoms with E-state index in [2.05, 4.69) is 33.4 Å². The fourth-order valence-corrected chi connectivity index (χ4v) is 3.89.